The Morgan fingerprint density at radius 1 is 0.857 bits per heavy atom. The summed E-state index contributed by atoms with van der Waals surface area (Å²) >= 11 is 0. The Kier molecular flexibility index (Phi) is 4.80. The molecule has 0 atom stereocenters. The highest BCUT2D eigenvalue weighted by molar-refractivity contribution is 5.73. The van der Waals surface area contributed by atoms with Crippen molar-refractivity contribution in [1.29, 1.82) is 0 Å². The number of aromatic nitrogens is 5. The molecule has 1 aromatic carbocycles. The molecule has 0 spiro atoms. The van der Waals surface area contributed by atoms with Crippen molar-refractivity contribution in [3.63, 3.8) is 0 Å². The van der Waals surface area contributed by atoms with E-state index >= 15 is 0 Å². The first-order valence-corrected chi connectivity index (χ1v) is 9.27. The van der Waals surface area contributed by atoms with Crippen molar-refractivity contribution in [2.45, 2.75) is 52.4 Å². The average Bonchev–Trinajstić information content (AvgIpc) is 3.05. The maximum atomic E-state index is 7.51. The van der Waals surface area contributed by atoms with Crippen LogP contribution in [0.3, 0.4) is 0 Å². The second-order valence-electron chi connectivity index (χ2n) is 9.05. The summed E-state index contributed by atoms with van der Waals surface area (Å²) in [5.41, 5.74) is 1.77. The van der Waals surface area contributed by atoms with Gasteiger partial charge in [0.05, 0.1) is 6.57 Å². The monoisotopic (exact) mass is 374 g/mol. The summed E-state index contributed by atoms with van der Waals surface area (Å²) in [6, 6.07) is 5.66. The van der Waals surface area contributed by atoms with Gasteiger partial charge in [0.2, 0.25) is 0 Å². The van der Waals surface area contributed by atoms with Crippen molar-refractivity contribution >= 4 is 5.69 Å². The fourth-order valence-corrected chi connectivity index (χ4v) is 2.75. The highest BCUT2D eigenvalue weighted by Gasteiger charge is 2.25. The molecule has 0 saturated carbocycles. The lowest BCUT2D eigenvalue weighted by molar-refractivity contribution is 0.497. The average molecular weight is 374 g/mol. The zero-order chi connectivity index (χ0) is 20.7. The number of benzene rings is 1. The fraction of sp³-hybridized carbons (Fsp3) is 0.409. The van der Waals surface area contributed by atoms with Gasteiger partial charge >= 0.3 is 0 Å². The topological polar surface area (TPSA) is 60.9 Å². The van der Waals surface area contributed by atoms with Crippen LogP contribution in [0.2, 0.25) is 0 Å². The van der Waals surface area contributed by atoms with Crippen molar-refractivity contribution in [1.82, 2.24) is 24.5 Å². The van der Waals surface area contributed by atoms with Gasteiger partial charge in [0.15, 0.2) is 11.5 Å². The quantitative estimate of drug-likeness (QED) is 0.587. The van der Waals surface area contributed by atoms with Gasteiger partial charge in [-0.1, -0.05) is 41.5 Å². The van der Waals surface area contributed by atoms with Crippen LogP contribution in [0, 0.1) is 6.57 Å². The Hall–Kier alpha value is -3.07. The molecule has 0 aliphatic carbocycles. The lowest BCUT2D eigenvalue weighted by Crippen LogP contribution is -2.24. The Balaban J connectivity index is 2.26. The molecular weight excluding hydrogens is 348 g/mol. The molecule has 0 saturated heterocycles. The Labute approximate surface area is 166 Å². The SMILES string of the molecule is [C-]#[N+]c1cc(-c2nc(C(C)(C)C)nc(C(C)(C)C)n2)cc(-c2nccn2C)c1. The van der Waals surface area contributed by atoms with E-state index in [-0.39, 0.29) is 10.8 Å². The Bertz CT molecular complexity index is 1030. The van der Waals surface area contributed by atoms with Crippen molar-refractivity contribution in [3.8, 4) is 22.8 Å². The minimum absolute atomic E-state index is 0.211. The standard InChI is InChI=1S/C22H26N6/c1-21(2,3)19-25-17(26-20(27-19)22(4,5)6)14-11-15(13-16(12-14)23-7)18-24-9-10-28(18)8/h9-13H,1-6,8H3. The van der Waals surface area contributed by atoms with Crippen LogP contribution in [0.4, 0.5) is 5.69 Å². The van der Waals surface area contributed by atoms with Crippen LogP contribution in [0.5, 0.6) is 0 Å². The third kappa shape index (κ3) is 3.94. The van der Waals surface area contributed by atoms with Gasteiger partial charge in [-0.25, -0.2) is 24.8 Å². The van der Waals surface area contributed by atoms with Crippen LogP contribution in [-0.4, -0.2) is 24.5 Å². The summed E-state index contributed by atoms with van der Waals surface area (Å²) in [7, 11) is 1.94. The smallest absolute Gasteiger partial charge is 0.188 e. The predicted molar refractivity (Wildman–Crippen MR) is 111 cm³/mol. The summed E-state index contributed by atoms with van der Waals surface area (Å²) in [5, 5.41) is 0. The summed E-state index contributed by atoms with van der Waals surface area (Å²) in [6.07, 6.45) is 3.63. The number of nitrogens with zero attached hydrogens (tertiary/aromatic N) is 6. The van der Waals surface area contributed by atoms with E-state index in [1.54, 1.807) is 6.20 Å². The van der Waals surface area contributed by atoms with Gasteiger partial charge < -0.3 is 4.57 Å². The number of aryl methyl sites for hydroxylation is 1. The molecule has 0 bridgehead atoms. The lowest BCUT2D eigenvalue weighted by Gasteiger charge is -2.23. The first-order chi connectivity index (χ1) is 13.0. The van der Waals surface area contributed by atoms with E-state index in [4.69, 9.17) is 21.5 Å². The molecule has 6 nitrogen and oxygen atoms in total. The molecule has 2 heterocycles. The molecule has 3 rings (SSSR count). The molecule has 0 N–H and O–H groups in total. The maximum absolute atomic E-state index is 7.51. The molecule has 144 valence electrons. The van der Waals surface area contributed by atoms with E-state index in [1.807, 2.05) is 36.0 Å². The van der Waals surface area contributed by atoms with Gasteiger partial charge in [-0.2, -0.15) is 0 Å². The highest BCUT2D eigenvalue weighted by Crippen LogP contribution is 2.31. The van der Waals surface area contributed by atoms with E-state index in [9.17, 15) is 0 Å². The minimum Gasteiger partial charge on any atom is -0.334 e. The largest absolute Gasteiger partial charge is 0.334 e. The van der Waals surface area contributed by atoms with E-state index in [1.165, 1.54) is 0 Å². The van der Waals surface area contributed by atoms with Gasteiger partial charge in [-0.05, 0) is 18.2 Å². The molecule has 0 aliphatic heterocycles. The molecule has 6 heteroatoms. The van der Waals surface area contributed by atoms with Gasteiger partial charge in [0.25, 0.3) is 0 Å². The van der Waals surface area contributed by atoms with Gasteiger partial charge in [-0.3, -0.25) is 0 Å². The number of imidazole rings is 1. The zero-order valence-corrected chi connectivity index (χ0v) is 17.6. The third-order valence-electron chi connectivity index (χ3n) is 4.36. The molecule has 3 aromatic rings. The number of rotatable bonds is 2. The molecule has 0 radical (unpaired) electrons. The van der Waals surface area contributed by atoms with Crippen LogP contribution in [-0.2, 0) is 17.9 Å². The zero-order valence-electron chi connectivity index (χ0n) is 17.6. The first kappa shape index (κ1) is 19.7. The minimum atomic E-state index is -0.211. The summed E-state index contributed by atoms with van der Waals surface area (Å²) in [5.74, 6) is 2.88. The second kappa shape index (κ2) is 6.83. The van der Waals surface area contributed by atoms with Crippen molar-refractivity contribution in [2.24, 2.45) is 7.05 Å². The van der Waals surface area contributed by atoms with Crippen molar-refractivity contribution in [2.75, 3.05) is 0 Å². The molecule has 0 fully saturated rings. The fourth-order valence-electron chi connectivity index (χ4n) is 2.75. The normalized spacial score (nSPS) is 12.1. The summed E-state index contributed by atoms with van der Waals surface area (Å²) < 4.78 is 1.93. The number of hydrogen-bond donors (Lipinski definition) is 0. The molecular formula is C22H26N6. The van der Waals surface area contributed by atoms with Gasteiger partial charge in [-0.15, -0.1) is 0 Å². The third-order valence-corrected chi connectivity index (χ3v) is 4.36. The van der Waals surface area contributed by atoms with E-state index in [2.05, 4.69) is 51.4 Å². The lowest BCUT2D eigenvalue weighted by atomic mass is 9.93. The Morgan fingerprint density at radius 3 is 1.89 bits per heavy atom. The predicted octanol–water partition coefficient (Wildman–Crippen LogP) is 5.08. The molecule has 28 heavy (non-hydrogen) atoms. The number of hydrogen-bond acceptors (Lipinski definition) is 4. The Morgan fingerprint density at radius 2 is 1.43 bits per heavy atom. The van der Waals surface area contributed by atoms with E-state index in [0.29, 0.717) is 11.5 Å². The van der Waals surface area contributed by atoms with Crippen LogP contribution < -0.4 is 0 Å². The molecule has 0 unspecified atom stereocenters. The van der Waals surface area contributed by atoms with Crippen LogP contribution in [0.15, 0.2) is 30.6 Å². The molecule has 2 aromatic heterocycles. The maximum Gasteiger partial charge on any atom is 0.188 e. The van der Waals surface area contributed by atoms with Gasteiger partial charge in [0, 0.05) is 41.4 Å². The van der Waals surface area contributed by atoms with Crippen molar-refractivity contribution in [3.05, 3.63) is 53.7 Å². The summed E-state index contributed by atoms with van der Waals surface area (Å²) in [6.45, 7) is 20.1. The van der Waals surface area contributed by atoms with Crippen LogP contribution >= 0.6 is 0 Å². The van der Waals surface area contributed by atoms with E-state index in [0.717, 1.165) is 28.6 Å². The van der Waals surface area contributed by atoms with Crippen LogP contribution in [0.25, 0.3) is 27.6 Å². The first-order valence-electron chi connectivity index (χ1n) is 9.27. The van der Waals surface area contributed by atoms with E-state index < -0.39 is 0 Å². The highest BCUT2D eigenvalue weighted by atomic mass is 15.1. The summed E-state index contributed by atoms with van der Waals surface area (Å²) in [4.78, 5) is 22.3. The van der Waals surface area contributed by atoms with Crippen molar-refractivity contribution < 1.29 is 0 Å². The molecule has 0 amide bonds. The second-order valence-corrected chi connectivity index (χ2v) is 9.05. The van der Waals surface area contributed by atoms with Crippen LogP contribution in [0.1, 0.15) is 53.2 Å². The van der Waals surface area contributed by atoms with Gasteiger partial charge in [0.1, 0.15) is 17.5 Å². The molecule has 0 aliphatic rings.